The Morgan fingerprint density at radius 3 is 2.25 bits per heavy atom. The first-order chi connectivity index (χ1) is 5.68. The summed E-state index contributed by atoms with van der Waals surface area (Å²) in [5, 5.41) is 2.89. The second-order valence-electron chi connectivity index (χ2n) is 2.33. The SMILES string of the molecule is C=C/C=C\C(=C)C.CNCCN. The van der Waals surface area contributed by atoms with E-state index < -0.39 is 0 Å². The number of allylic oxidation sites excluding steroid dienone is 4. The topological polar surface area (TPSA) is 38.0 Å². The predicted molar refractivity (Wildman–Crippen MR) is 57.1 cm³/mol. The minimum absolute atomic E-state index is 0.733. The Hall–Kier alpha value is -0.860. The third-order valence-corrected chi connectivity index (χ3v) is 0.911. The van der Waals surface area contributed by atoms with Gasteiger partial charge in [-0.15, -0.1) is 0 Å². The molecule has 2 nitrogen and oxygen atoms in total. The quantitative estimate of drug-likeness (QED) is 0.624. The fourth-order valence-corrected chi connectivity index (χ4v) is 0.377. The standard InChI is InChI=1S/C7H10.C3H10N2/c1-4-5-6-7(2)3;1-5-3-2-4/h4-6H,1-2H2,3H3;5H,2-4H2,1H3/b6-5-;. The first-order valence-corrected chi connectivity index (χ1v) is 3.98. The largest absolute Gasteiger partial charge is 0.329 e. The van der Waals surface area contributed by atoms with Gasteiger partial charge in [0, 0.05) is 13.1 Å². The summed E-state index contributed by atoms with van der Waals surface area (Å²) < 4.78 is 0. The maximum absolute atomic E-state index is 5.08. The molecule has 0 unspecified atom stereocenters. The number of nitrogens with one attached hydrogen (secondary N) is 1. The lowest BCUT2D eigenvalue weighted by molar-refractivity contribution is 0.802. The van der Waals surface area contributed by atoms with Gasteiger partial charge in [-0.1, -0.05) is 37.0 Å². The van der Waals surface area contributed by atoms with E-state index in [0.29, 0.717) is 0 Å². The van der Waals surface area contributed by atoms with Crippen LogP contribution in [0.4, 0.5) is 0 Å². The van der Waals surface area contributed by atoms with Crippen LogP contribution in [0.3, 0.4) is 0 Å². The van der Waals surface area contributed by atoms with Crippen molar-refractivity contribution in [2.24, 2.45) is 5.73 Å². The fraction of sp³-hybridized carbons (Fsp3) is 0.400. The van der Waals surface area contributed by atoms with Crippen LogP contribution in [0.5, 0.6) is 0 Å². The summed E-state index contributed by atoms with van der Waals surface area (Å²) in [6.07, 6.45) is 5.50. The van der Waals surface area contributed by atoms with E-state index in [9.17, 15) is 0 Å². The van der Waals surface area contributed by atoms with Crippen molar-refractivity contribution < 1.29 is 0 Å². The first-order valence-electron chi connectivity index (χ1n) is 3.98. The van der Waals surface area contributed by atoms with Crippen LogP contribution in [-0.4, -0.2) is 20.1 Å². The molecule has 0 saturated carbocycles. The third-order valence-electron chi connectivity index (χ3n) is 0.911. The lowest BCUT2D eigenvalue weighted by Crippen LogP contribution is -2.17. The molecule has 12 heavy (non-hydrogen) atoms. The molecule has 0 heterocycles. The average molecular weight is 168 g/mol. The van der Waals surface area contributed by atoms with Gasteiger partial charge >= 0.3 is 0 Å². The summed E-state index contributed by atoms with van der Waals surface area (Å²) in [7, 11) is 1.88. The fourth-order valence-electron chi connectivity index (χ4n) is 0.377. The summed E-state index contributed by atoms with van der Waals surface area (Å²) >= 11 is 0. The molecule has 3 N–H and O–H groups in total. The molecule has 0 bridgehead atoms. The van der Waals surface area contributed by atoms with Crippen LogP contribution in [0.15, 0.2) is 37.0 Å². The molecule has 0 atom stereocenters. The maximum Gasteiger partial charge on any atom is 0.00714 e. The van der Waals surface area contributed by atoms with Crippen molar-refractivity contribution in [2.45, 2.75) is 6.92 Å². The van der Waals surface area contributed by atoms with Crippen molar-refractivity contribution in [1.82, 2.24) is 5.32 Å². The van der Waals surface area contributed by atoms with Gasteiger partial charge in [-0.05, 0) is 14.0 Å². The van der Waals surface area contributed by atoms with Crippen LogP contribution in [0.2, 0.25) is 0 Å². The third kappa shape index (κ3) is 22.9. The molecular formula is C10H20N2. The molecule has 0 aromatic carbocycles. The van der Waals surface area contributed by atoms with Crippen LogP contribution < -0.4 is 11.1 Å². The number of rotatable bonds is 4. The maximum atomic E-state index is 5.08. The van der Waals surface area contributed by atoms with E-state index in [1.165, 1.54) is 0 Å². The van der Waals surface area contributed by atoms with E-state index in [-0.39, 0.29) is 0 Å². The predicted octanol–water partition coefficient (Wildman–Crippen LogP) is 1.47. The summed E-state index contributed by atoms with van der Waals surface area (Å²) in [5.74, 6) is 0. The highest BCUT2D eigenvalue weighted by atomic mass is 14.8. The Balaban J connectivity index is 0. The molecule has 0 aliphatic carbocycles. The Morgan fingerprint density at radius 1 is 1.58 bits per heavy atom. The Labute approximate surface area is 75.9 Å². The second-order valence-corrected chi connectivity index (χ2v) is 2.33. The lowest BCUT2D eigenvalue weighted by atomic mass is 10.3. The highest BCUT2D eigenvalue weighted by molar-refractivity contribution is 5.15. The van der Waals surface area contributed by atoms with E-state index in [0.717, 1.165) is 18.7 Å². The molecule has 70 valence electrons. The van der Waals surface area contributed by atoms with E-state index in [2.05, 4.69) is 18.5 Å². The lowest BCUT2D eigenvalue weighted by Gasteiger charge is -1.85. The monoisotopic (exact) mass is 168 g/mol. The van der Waals surface area contributed by atoms with Crippen LogP contribution in [0.25, 0.3) is 0 Å². The van der Waals surface area contributed by atoms with Crippen molar-refractivity contribution in [3.05, 3.63) is 37.0 Å². The molecule has 0 amide bonds. The average Bonchev–Trinajstić information content (AvgIpc) is 2.03. The summed E-state index contributed by atoms with van der Waals surface area (Å²) in [4.78, 5) is 0. The van der Waals surface area contributed by atoms with Crippen molar-refractivity contribution in [3.8, 4) is 0 Å². The number of likely N-dealkylation sites (N-methyl/N-ethyl adjacent to an activating group) is 1. The molecule has 0 aromatic heterocycles. The van der Waals surface area contributed by atoms with Crippen LogP contribution in [-0.2, 0) is 0 Å². The smallest absolute Gasteiger partial charge is 0.00714 e. The van der Waals surface area contributed by atoms with Gasteiger partial charge in [0.05, 0.1) is 0 Å². The molecular weight excluding hydrogens is 148 g/mol. The molecule has 0 radical (unpaired) electrons. The summed E-state index contributed by atoms with van der Waals surface area (Å²) in [5.41, 5.74) is 6.13. The zero-order chi connectivity index (χ0) is 9.82. The van der Waals surface area contributed by atoms with E-state index in [1.54, 1.807) is 6.08 Å². The van der Waals surface area contributed by atoms with Gasteiger partial charge in [0.25, 0.3) is 0 Å². The Kier molecular flexibility index (Phi) is 14.6. The molecule has 0 aliphatic rings. The molecule has 0 saturated heterocycles. The Morgan fingerprint density at radius 2 is 2.17 bits per heavy atom. The van der Waals surface area contributed by atoms with Gasteiger partial charge in [-0.2, -0.15) is 0 Å². The Bertz CT molecular complexity index is 135. The van der Waals surface area contributed by atoms with Crippen molar-refractivity contribution in [2.75, 3.05) is 20.1 Å². The van der Waals surface area contributed by atoms with Crippen molar-refractivity contribution in [1.29, 1.82) is 0 Å². The van der Waals surface area contributed by atoms with Gasteiger partial charge in [0.15, 0.2) is 0 Å². The second kappa shape index (κ2) is 12.8. The van der Waals surface area contributed by atoms with Crippen molar-refractivity contribution in [3.63, 3.8) is 0 Å². The first kappa shape index (κ1) is 13.7. The zero-order valence-electron chi connectivity index (χ0n) is 8.14. The summed E-state index contributed by atoms with van der Waals surface area (Å²) in [6.45, 7) is 10.8. The molecule has 0 fully saturated rings. The highest BCUT2D eigenvalue weighted by Crippen LogP contribution is 1.86. The minimum Gasteiger partial charge on any atom is -0.329 e. The molecule has 0 spiro atoms. The molecule has 0 rings (SSSR count). The van der Waals surface area contributed by atoms with Gasteiger partial charge in [-0.3, -0.25) is 0 Å². The molecule has 0 aromatic rings. The van der Waals surface area contributed by atoms with E-state index in [4.69, 9.17) is 5.73 Å². The van der Waals surface area contributed by atoms with Gasteiger partial charge in [0.1, 0.15) is 0 Å². The molecule has 0 aliphatic heterocycles. The number of nitrogens with two attached hydrogens (primary N) is 1. The minimum atomic E-state index is 0.733. The van der Waals surface area contributed by atoms with Gasteiger partial charge < -0.3 is 11.1 Å². The van der Waals surface area contributed by atoms with Crippen molar-refractivity contribution >= 4 is 0 Å². The summed E-state index contributed by atoms with van der Waals surface area (Å²) in [6, 6.07) is 0. The van der Waals surface area contributed by atoms with Crippen LogP contribution in [0.1, 0.15) is 6.92 Å². The van der Waals surface area contributed by atoms with Crippen LogP contribution in [0, 0.1) is 0 Å². The van der Waals surface area contributed by atoms with E-state index >= 15 is 0 Å². The highest BCUT2D eigenvalue weighted by Gasteiger charge is 1.65. The normalized spacial score (nSPS) is 8.92. The van der Waals surface area contributed by atoms with Crippen LogP contribution >= 0.6 is 0 Å². The van der Waals surface area contributed by atoms with E-state index in [1.807, 2.05) is 26.1 Å². The zero-order valence-corrected chi connectivity index (χ0v) is 8.14. The number of hydrogen-bond acceptors (Lipinski definition) is 2. The van der Waals surface area contributed by atoms with Gasteiger partial charge in [0.2, 0.25) is 0 Å². The van der Waals surface area contributed by atoms with Gasteiger partial charge in [-0.25, -0.2) is 0 Å². The number of hydrogen-bond donors (Lipinski definition) is 2. The molecule has 2 heteroatoms.